The fourth-order valence-electron chi connectivity index (χ4n) is 2.35. The molecule has 0 aliphatic rings. The number of aromatic nitrogens is 1. The molecule has 0 unspecified atom stereocenters. The summed E-state index contributed by atoms with van der Waals surface area (Å²) >= 11 is 0. The molecule has 4 N–H and O–H groups in total. The van der Waals surface area contributed by atoms with Gasteiger partial charge in [-0.2, -0.15) is 0 Å². The molecule has 102 valence electrons. The van der Waals surface area contributed by atoms with E-state index in [0.29, 0.717) is 6.54 Å². The van der Waals surface area contributed by atoms with Gasteiger partial charge in [0.05, 0.1) is 5.41 Å². The van der Waals surface area contributed by atoms with Gasteiger partial charge in [-0.15, -0.1) is 0 Å². The Kier molecular flexibility index (Phi) is 3.90. The number of H-pyrrole nitrogens is 1. The number of anilines is 1. The zero-order valence-corrected chi connectivity index (χ0v) is 11.5. The van der Waals surface area contributed by atoms with Crippen molar-refractivity contribution in [2.75, 3.05) is 11.9 Å². The third-order valence-corrected chi connectivity index (χ3v) is 4.04. The van der Waals surface area contributed by atoms with Crippen LogP contribution in [0.15, 0.2) is 30.5 Å². The van der Waals surface area contributed by atoms with Gasteiger partial charge in [-0.25, -0.2) is 0 Å². The second-order valence-electron chi connectivity index (χ2n) is 4.93. The Balaban J connectivity index is 2.21. The smallest absolute Gasteiger partial charge is 0.231 e. The predicted molar refractivity (Wildman–Crippen MR) is 79.0 cm³/mol. The molecule has 0 saturated carbocycles. The number of nitrogens with two attached hydrogens (primary N) is 1. The van der Waals surface area contributed by atoms with E-state index in [1.54, 1.807) is 0 Å². The summed E-state index contributed by atoms with van der Waals surface area (Å²) in [5.74, 6) is 0.00915. The first kappa shape index (κ1) is 13.6. The Morgan fingerprint density at radius 1 is 1.32 bits per heavy atom. The molecule has 0 aliphatic carbocycles. The van der Waals surface area contributed by atoms with Crippen molar-refractivity contribution >= 4 is 22.5 Å². The summed E-state index contributed by atoms with van der Waals surface area (Å²) in [4.78, 5) is 15.5. The van der Waals surface area contributed by atoms with Crippen molar-refractivity contribution in [1.29, 1.82) is 0 Å². The first-order chi connectivity index (χ1) is 9.15. The van der Waals surface area contributed by atoms with Gasteiger partial charge in [-0.05, 0) is 37.1 Å². The fourth-order valence-corrected chi connectivity index (χ4v) is 2.35. The lowest BCUT2D eigenvalue weighted by atomic mass is 9.81. The van der Waals surface area contributed by atoms with Crippen molar-refractivity contribution in [2.24, 2.45) is 11.1 Å². The van der Waals surface area contributed by atoms with Crippen LogP contribution in [-0.4, -0.2) is 17.4 Å². The number of nitrogens with one attached hydrogen (secondary N) is 2. The van der Waals surface area contributed by atoms with Crippen LogP contribution in [0, 0.1) is 5.41 Å². The Morgan fingerprint density at radius 3 is 2.68 bits per heavy atom. The molecule has 0 bridgehead atoms. The van der Waals surface area contributed by atoms with Crippen molar-refractivity contribution in [3.05, 3.63) is 30.5 Å². The molecule has 2 aromatic rings. The van der Waals surface area contributed by atoms with Gasteiger partial charge in [0, 0.05) is 29.3 Å². The number of carbonyl (C=O) groups is 1. The average molecular weight is 259 g/mol. The van der Waals surface area contributed by atoms with Gasteiger partial charge >= 0.3 is 0 Å². The Morgan fingerprint density at radius 2 is 2.05 bits per heavy atom. The zero-order chi connectivity index (χ0) is 13.9. The van der Waals surface area contributed by atoms with Gasteiger partial charge in [0.1, 0.15) is 0 Å². The highest BCUT2D eigenvalue weighted by Crippen LogP contribution is 2.27. The number of rotatable bonds is 5. The first-order valence-corrected chi connectivity index (χ1v) is 6.74. The summed E-state index contributed by atoms with van der Waals surface area (Å²) in [7, 11) is 0. The molecule has 0 radical (unpaired) electrons. The van der Waals surface area contributed by atoms with Crippen molar-refractivity contribution in [3.63, 3.8) is 0 Å². The van der Waals surface area contributed by atoms with E-state index in [4.69, 9.17) is 5.73 Å². The van der Waals surface area contributed by atoms with Crippen molar-refractivity contribution < 1.29 is 4.79 Å². The molecule has 2 rings (SSSR count). The predicted octanol–water partition coefficient (Wildman–Crippen LogP) is 2.87. The highest BCUT2D eigenvalue weighted by molar-refractivity contribution is 5.97. The maximum atomic E-state index is 12.4. The van der Waals surface area contributed by atoms with E-state index in [9.17, 15) is 4.79 Å². The number of benzene rings is 1. The summed E-state index contributed by atoms with van der Waals surface area (Å²) in [6.07, 6.45) is 3.38. The van der Waals surface area contributed by atoms with E-state index < -0.39 is 5.41 Å². The molecule has 4 nitrogen and oxygen atoms in total. The van der Waals surface area contributed by atoms with Crippen LogP contribution in [0.1, 0.15) is 26.7 Å². The van der Waals surface area contributed by atoms with Gasteiger partial charge < -0.3 is 16.0 Å². The van der Waals surface area contributed by atoms with Crippen LogP contribution in [0.25, 0.3) is 10.9 Å². The SMILES string of the molecule is CCC(CC)(CN)C(=O)Nc1ccc2[nH]ccc2c1. The van der Waals surface area contributed by atoms with Crippen LogP contribution in [0.5, 0.6) is 0 Å². The molecule has 1 aromatic carbocycles. The van der Waals surface area contributed by atoms with Gasteiger partial charge in [0.2, 0.25) is 5.91 Å². The number of hydrogen-bond donors (Lipinski definition) is 3. The largest absolute Gasteiger partial charge is 0.361 e. The minimum absolute atomic E-state index is 0.00915. The van der Waals surface area contributed by atoms with E-state index in [0.717, 1.165) is 29.4 Å². The molecular formula is C15H21N3O. The average Bonchev–Trinajstić information content (AvgIpc) is 2.89. The molecule has 1 amide bonds. The number of carbonyl (C=O) groups excluding carboxylic acids is 1. The highest BCUT2D eigenvalue weighted by Gasteiger charge is 2.33. The summed E-state index contributed by atoms with van der Waals surface area (Å²) in [5, 5.41) is 4.07. The normalized spacial score (nSPS) is 11.7. The van der Waals surface area contributed by atoms with Crippen molar-refractivity contribution in [1.82, 2.24) is 4.98 Å². The zero-order valence-electron chi connectivity index (χ0n) is 11.5. The van der Waals surface area contributed by atoms with Crippen LogP contribution in [0.3, 0.4) is 0 Å². The number of hydrogen-bond acceptors (Lipinski definition) is 2. The number of aromatic amines is 1. The molecule has 0 fully saturated rings. The van der Waals surface area contributed by atoms with Crippen LogP contribution in [0.4, 0.5) is 5.69 Å². The van der Waals surface area contributed by atoms with Crippen LogP contribution in [0.2, 0.25) is 0 Å². The van der Waals surface area contributed by atoms with Crippen LogP contribution < -0.4 is 11.1 Å². The standard InChI is InChI=1S/C15H21N3O/c1-3-15(4-2,10-16)14(19)18-12-5-6-13-11(9-12)7-8-17-13/h5-9,17H,3-4,10,16H2,1-2H3,(H,18,19). The minimum Gasteiger partial charge on any atom is -0.361 e. The molecule has 0 saturated heterocycles. The third-order valence-electron chi connectivity index (χ3n) is 4.04. The topological polar surface area (TPSA) is 70.9 Å². The Bertz CT molecular complexity index is 561. The number of fused-ring (bicyclic) bond motifs is 1. The molecule has 19 heavy (non-hydrogen) atoms. The summed E-state index contributed by atoms with van der Waals surface area (Å²) < 4.78 is 0. The van der Waals surface area contributed by atoms with E-state index in [1.807, 2.05) is 44.3 Å². The van der Waals surface area contributed by atoms with Crippen LogP contribution >= 0.6 is 0 Å². The maximum absolute atomic E-state index is 12.4. The Labute approximate surface area is 113 Å². The molecule has 0 spiro atoms. The lowest BCUT2D eigenvalue weighted by Crippen LogP contribution is -2.41. The van der Waals surface area contributed by atoms with E-state index in [1.165, 1.54) is 0 Å². The minimum atomic E-state index is -0.465. The quantitative estimate of drug-likeness (QED) is 0.772. The molecule has 1 aromatic heterocycles. The first-order valence-electron chi connectivity index (χ1n) is 6.74. The number of amides is 1. The van der Waals surface area contributed by atoms with Crippen molar-refractivity contribution in [3.8, 4) is 0 Å². The second kappa shape index (κ2) is 5.45. The second-order valence-corrected chi connectivity index (χ2v) is 4.93. The molecule has 0 atom stereocenters. The fraction of sp³-hybridized carbons (Fsp3) is 0.400. The third kappa shape index (κ3) is 2.49. The van der Waals surface area contributed by atoms with Crippen LogP contribution in [-0.2, 0) is 4.79 Å². The monoisotopic (exact) mass is 259 g/mol. The highest BCUT2D eigenvalue weighted by atomic mass is 16.2. The lowest BCUT2D eigenvalue weighted by molar-refractivity contribution is -0.125. The van der Waals surface area contributed by atoms with E-state index in [-0.39, 0.29) is 5.91 Å². The Hall–Kier alpha value is -1.81. The summed E-state index contributed by atoms with van der Waals surface area (Å²) in [5.41, 5.74) is 7.21. The van der Waals surface area contributed by atoms with Crippen molar-refractivity contribution in [2.45, 2.75) is 26.7 Å². The molecular weight excluding hydrogens is 238 g/mol. The summed E-state index contributed by atoms with van der Waals surface area (Å²) in [6, 6.07) is 7.83. The molecule has 4 heteroatoms. The molecule has 1 heterocycles. The van der Waals surface area contributed by atoms with Gasteiger partial charge in [0.25, 0.3) is 0 Å². The van der Waals surface area contributed by atoms with Gasteiger partial charge in [-0.3, -0.25) is 4.79 Å². The van der Waals surface area contributed by atoms with Gasteiger partial charge in [0.15, 0.2) is 0 Å². The van der Waals surface area contributed by atoms with E-state index in [2.05, 4.69) is 10.3 Å². The maximum Gasteiger partial charge on any atom is 0.231 e. The summed E-state index contributed by atoms with van der Waals surface area (Å²) in [6.45, 7) is 4.38. The van der Waals surface area contributed by atoms with E-state index >= 15 is 0 Å². The molecule has 0 aliphatic heterocycles. The lowest BCUT2D eigenvalue weighted by Gasteiger charge is -2.28. The van der Waals surface area contributed by atoms with Gasteiger partial charge in [-0.1, -0.05) is 13.8 Å².